The van der Waals surface area contributed by atoms with E-state index in [9.17, 15) is 0 Å². The highest BCUT2D eigenvalue weighted by molar-refractivity contribution is 5.15. The van der Waals surface area contributed by atoms with Crippen LogP contribution in [0.3, 0.4) is 0 Å². The third-order valence-corrected chi connectivity index (χ3v) is 4.32. The van der Waals surface area contributed by atoms with Crippen molar-refractivity contribution in [1.82, 2.24) is 14.8 Å². The molecule has 110 valence electrons. The molecule has 0 unspecified atom stereocenters. The quantitative estimate of drug-likeness (QED) is 0.824. The summed E-state index contributed by atoms with van der Waals surface area (Å²) in [6, 6.07) is 6.47. The van der Waals surface area contributed by atoms with Crippen molar-refractivity contribution < 1.29 is 9.47 Å². The molecular formula is C15H23N3O2. The Kier molecular flexibility index (Phi) is 4.19. The summed E-state index contributed by atoms with van der Waals surface area (Å²) < 4.78 is 11.1. The number of aromatic nitrogens is 1. The van der Waals surface area contributed by atoms with Gasteiger partial charge in [0.15, 0.2) is 0 Å². The highest BCUT2D eigenvalue weighted by Gasteiger charge is 2.35. The molecule has 0 radical (unpaired) electrons. The van der Waals surface area contributed by atoms with Crippen LogP contribution in [0.25, 0.3) is 0 Å². The van der Waals surface area contributed by atoms with Gasteiger partial charge < -0.3 is 9.47 Å². The number of nitrogens with zero attached hydrogens (tertiary/aromatic N) is 3. The average molecular weight is 277 g/mol. The zero-order valence-corrected chi connectivity index (χ0v) is 12.3. The fraction of sp³-hybridized carbons (Fsp3) is 0.667. The normalized spacial score (nSPS) is 28.1. The molecule has 0 aromatic carbocycles. The number of fused-ring (bicyclic) bond motifs is 1. The van der Waals surface area contributed by atoms with Gasteiger partial charge in [-0.3, -0.25) is 9.80 Å². The molecule has 2 atom stereocenters. The first kappa shape index (κ1) is 13.8. The Bertz CT molecular complexity index is 454. The Morgan fingerprint density at radius 2 is 2.30 bits per heavy atom. The van der Waals surface area contributed by atoms with Crippen molar-refractivity contribution in [2.75, 3.05) is 40.4 Å². The van der Waals surface area contributed by atoms with Crippen molar-refractivity contribution in [1.29, 1.82) is 0 Å². The van der Waals surface area contributed by atoms with E-state index in [-0.39, 0.29) is 0 Å². The summed E-state index contributed by atoms with van der Waals surface area (Å²) in [5, 5.41) is 0. The third kappa shape index (κ3) is 2.95. The van der Waals surface area contributed by atoms with Crippen LogP contribution in [-0.2, 0) is 11.3 Å². The van der Waals surface area contributed by atoms with Crippen LogP contribution in [0.1, 0.15) is 12.1 Å². The van der Waals surface area contributed by atoms with Crippen molar-refractivity contribution in [2.24, 2.45) is 0 Å². The monoisotopic (exact) mass is 277 g/mol. The van der Waals surface area contributed by atoms with Gasteiger partial charge in [0.2, 0.25) is 5.88 Å². The fourth-order valence-electron chi connectivity index (χ4n) is 3.14. The number of hydrogen-bond donors (Lipinski definition) is 0. The van der Waals surface area contributed by atoms with Crippen molar-refractivity contribution in [3.8, 4) is 5.88 Å². The second-order valence-electron chi connectivity index (χ2n) is 5.65. The lowest BCUT2D eigenvalue weighted by atomic mass is 9.99. The molecule has 2 saturated heterocycles. The Morgan fingerprint density at radius 1 is 1.40 bits per heavy atom. The van der Waals surface area contributed by atoms with Crippen molar-refractivity contribution >= 4 is 0 Å². The summed E-state index contributed by atoms with van der Waals surface area (Å²) in [5.74, 6) is 0.690. The van der Waals surface area contributed by atoms with Crippen LogP contribution in [0.5, 0.6) is 5.88 Å². The molecule has 0 aliphatic carbocycles. The second-order valence-corrected chi connectivity index (χ2v) is 5.65. The van der Waals surface area contributed by atoms with E-state index in [2.05, 4.69) is 27.9 Å². The molecule has 2 aliphatic heterocycles. The van der Waals surface area contributed by atoms with E-state index in [4.69, 9.17) is 9.47 Å². The topological polar surface area (TPSA) is 37.8 Å². The Hall–Kier alpha value is -1.17. The predicted molar refractivity (Wildman–Crippen MR) is 76.8 cm³/mol. The molecule has 3 rings (SSSR count). The molecule has 2 aliphatic rings. The zero-order chi connectivity index (χ0) is 13.9. The summed E-state index contributed by atoms with van der Waals surface area (Å²) in [4.78, 5) is 9.40. The summed E-state index contributed by atoms with van der Waals surface area (Å²) in [7, 11) is 3.86. The van der Waals surface area contributed by atoms with Gasteiger partial charge in [0, 0.05) is 38.3 Å². The van der Waals surface area contributed by atoms with Gasteiger partial charge in [0.1, 0.15) is 0 Å². The molecule has 2 fully saturated rings. The van der Waals surface area contributed by atoms with Gasteiger partial charge in [-0.1, -0.05) is 6.07 Å². The molecule has 1 aromatic rings. The van der Waals surface area contributed by atoms with Crippen LogP contribution in [0.15, 0.2) is 18.2 Å². The lowest BCUT2D eigenvalue weighted by molar-refractivity contribution is -0.0958. The molecule has 0 spiro atoms. The van der Waals surface area contributed by atoms with Crippen LogP contribution in [0.4, 0.5) is 0 Å². The SMILES string of the molecule is COc1cccc(CN2CC[C@H]3OCCN(C)[C@@H]3C2)n1. The largest absolute Gasteiger partial charge is 0.481 e. The summed E-state index contributed by atoms with van der Waals surface area (Å²) in [6.07, 6.45) is 1.52. The van der Waals surface area contributed by atoms with Crippen LogP contribution in [0, 0.1) is 0 Å². The number of piperidine rings is 1. The first-order valence-electron chi connectivity index (χ1n) is 7.30. The highest BCUT2D eigenvalue weighted by Crippen LogP contribution is 2.23. The number of pyridine rings is 1. The molecule has 0 saturated carbocycles. The fourth-order valence-corrected chi connectivity index (χ4v) is 3.14. The lowest BCUT2D eigenvalue weighted by Crippen LogP contribution is -2.58. The zero-order valence-electron chi connectivity index (χ0n) is 12.3. The highest BCUT2D eigenvalue weighted by atomic mass is 16.5. The number of ether oxygens (including phenoxy) is 2. The van der Waals surface area contributed by atoms with E-state index in [0.29, 0.717) is 18.0 Å². The third-order valence-electron chi connectivity index (χ3n) is 4.32. The number of morpholine rings is 1. The van der Waals surface area contributed by atoms with Gasteiger partial charge in [-0.15, -0.1) is 0 Å². The van der Waals surface area contributed by atoms with Gasteiger partial charge in [-0.2, -0.15) is 0 Å². The molecule has 3 heterocycles. The molecule has 0 amide bonds. The van der Waals surface area contributed by atoms with Crippen LogP contribution in [-0.4, -0.2) is 67.3 Å². The minimum atomic E-state index is 0.406. The van der Waals surface area contributed by atoms with Gasteiger partial charge >= 0.3 is 0 Å². The lowest BCUT2D eigenvalue weighted by Gasteiger charge is -2.45. The Balaban J connectivity index is 1.63. The summed E-state index contributed by atoms with van der Waals surface area (Å²) >= 11 is 0. The molecule has 5 heteroatoms. The van der Waals surface area contributed by atoms with E-state index < -0.39 is 0 Å². The summed E-state index contributed by atoms with van der Waals surface area (Å²) in [5.41, 5.74) is 1.07. The predicted octanol–water partition coefficient (Wildman–Crippen LogP) is 0.995. The van der Waals surface area contributed by atoms with Crippen molar-refractivity contribution in [3.05, 3.63) is 23.9 Å². The van der Waals surface area contributed by atoms with E-state index in [1.54, 1.807) is 7.11 Å². The van der Waals surface area contributed by atoms with Crippen LogP contribution in [0.2, 0.25) is 0 Å². The van der Waals surface area contributed by atoms with E-state index in [0.717, 1.165) is 44.9 Å². The number of likely N-dealkylation sites (N-methyl/N-ethyl adjacent to an activating group) is 1. The first-order chi connectivity index (χ1) is 9.76. The van der Waals surface area contributed by atoms with Gasteiger partial charge in [-0.25, -0.2) is 4.98 Å². The van der Waals surface area contributed by atoms with E-state index in [1.807, 2.05) is 12.1 Å². The standard InChI is InChI=1S/C15H23N3O2/c1-17-8-9-20-14-6-7-18(11-13(14)17)10-12-4-3-5-15(16-12)19-2/h3-5,13-14H,6-11H2,1-2H3/t13-,14-/m1/s1. The smallest absolute Gasteiger partial charge is 0.213 e. The van der Waals surface area contributed by atoms with E-state index >= 15 is 0 Å². The van der Waals surface area contributed by atoms with Gasteiger partial charge in [-0.05, 0) is 19.5 Å². The maximum absolute atomic E-state index is 5.88. The van der Waals surface area contributed by atoms with E-state index in [1.165, 1.54) is 0 Å². The van der Waals surface area contributed by atoms with Crippen molar-refractivity contribution in [3.63, 3.8) is 0 Å². The first-order valence-corrected chi connectivity index (χ1v) is 7.30. The minimum Gasteiger partial charge on any atom is -0.481 e. The molecular weight excluding hydrogens is 254 g/mol. The van der Waals surface area contributed by atoms with Crippen molar-refractivity contribution in [2.45, 2.75) is 25.1 Å². The Morgan fingerprint density at radius 3 is 3.15 bits per heavy atom. The maximum atomic E-state index is 5.88. The van der Waals surface area contributed by atoms with Crippen LogP contribution < -0.4 is 4.74 Å². The minimum absolute atomic E-state index is 0.406. The van der Waals surface area contributed by atoms with Crippen LogP contribution >= 0.6 is 0 Å². The Labute approximate surface area is 120 Å². The molecule has 20 heavy (non-hydrogen) atoms. The maximum Gasteiger partial charge on any atom is 0.213 e. The number of hydrogen-bond acceptors (Lipinski definition) is 5. The number of likely N-dealkylation sites (tertiary alicyclic amines) is 1. The average Bonchev–Trinajstić information content (AvgIpc) is 2.48. The molecule has 0 N–H and O–H groups in total. The van der Waals surface area contributed by atoms with Gasteiger partial charge in [0.25, 0.3) is 0 Å². The summed E-state index contributed by atoms with van der Waals surface area (Å²) in [6.45, 7) is 4.92. The second kappa shape index (κ2) is 6.08. The number of methoxy groups -OCH3 is 1. The molecule has 0 bridgehead atoms. The number of rotatable bonds is 3. The van der Waals surface area contributed by atoms with Gasteiger partial charge in [0.05, 0.1) is 25.5 Å². The molecule has 1 aromatic heterocycles. The molecule has 5 nitrogen and oxygen atoms in total.